The largest absolute Gasteiger partial charge is 0.493 e. The first kappa shape index (κ1) is 17.2. The van der Waals surface area contributed by atoms with Gasteiger partial charge in [0.1, 0.15) is 11.1 Å². The normalized spacial score (nSPS) is 13.8. The molecule has 7 nitrogen and oxygen atoms in total. The molecule has 2 amide bonds. The van der Waals surface area contributed by atoms with Crippen LogP contribution in [0.3, 0.4) is 0 Å². The van der Waals surface area contributed by atoms with E-state index < -0.39 is 0 Å². The van der Waals surface area contributed by atoms with Crippen LogP contribution in [-0.2, 0) is 0 Å². The number of carbonyl (C=O) groups is 1. The van der Waals surface area contributed by atoms with Gasteiger partial charge in [0.05, 0.1) is 27.3 Å². The summed E-state index contributed by atoms with van der Waals surface area (Å²) in [6.07, 6.45) is 1.49. The van der Waals surface area contributed by atoms with E-state index in [0.717, 1.165) is 0 Å². The van der Waals surface area contributed by atoms with Crippen LogP contribution in [0.2, 0.25) is 5.02 Å². The lowest BCUT2D eigenvalue weighted by Gasteiger charge is -2.38. The van der Waals surface area contributed by atoms with Crippen LogP contribution in [0.25, 0.3) is 0 Å². The molecule has 25 heavy (non-hydrogen) atoms. The molecule has 1 fully saturated rings. The molecule has 0 spiro atoms. The molecule has 1 aromatic heterocycles. The lowest BCUT2D eigenvalue weighted by atomic mass is 10.2. The number of amides is 2. The van der Waals surface area contributed by atoms with Crippen LogP contribution in [0.4, 0.5) is 10.5 Å². The molecule has 0 unspecified atom stereocenters. The molecule has 1 N–H and O–H groups in total. The molecular formula is C17H18ClN3O4. The third kappa shape index (κ3) is 3.88. The van der Waals surface area contributed by atoms with Gasteiger partial charge in [0.2, 0.25) is 5.88 Å². The number of nitrogens with one attached hydrogen (secondary N) is 1. The molecule has 2 heterocycles. The molecule has 1 saturated heterocycles. The maximum atomic E-state index is 12.3. The number of aromatic nitrogens is 1. The summed E-state index contributed by atoms with van der Waals surface area (Å²) in [6.45, 7) is 0.929. The standard InChI is InChI=1S/C17H18ClN3O4/c1-23-14-6-5-11(8-15(14)24-2)20-17(22)21-9-12(10-21)25-16-13(18)4-3-7-19-16/h3-8,12H,9-10H2,1-2H3,(H,20,22). The number of hydrogen-bond donors (Lipinski definition) is 1. The summed E-state index contributed by atoms with van der Waals surface area (Å²) in [6, 6.07) is 8.43. The first-order valence-corrected chi connectivity index (χ1v) is 8.03. The van der Waals surface area contributed by atoms with Gasteiger partial charge in [-0.25, -0.2) is 9.78 Å². The molecule has 8 heteroatoms. The Balaban J connectivity index is 1.53. The second-order valence-electron chi connectivity index (χ2n) is 5.44. The van der Waals surface area contributed by atoms with Crippen molar-refractivity contribution in [2.45, 2.75) is 6.10 Å². The lowest BCUT2D eigenvalue weighted by Crippen LogP contribution is -2.57. The number of pyridine rings is 1. The van der Waals surface area contributed by atoms with Gasteiger partial charge in [0, 0.05) is 18.0 Å². The van der Waals surface area contributed by atoms with Crippen LogP contribution in [-0.4, -0.2) is 49.3 Å². The lowest BCUT2D eigenvalue weighted by molar-refractivity contribution is 0.0461. The zero-order chi connectivity index (χ0) is 17.8. The number of nitrogens with zero attached hydrogens (tertiary/aromatic N) is 2. The maximum Gasteiger partial charge on any atom is 0.322 e. The minimum Gasteiger partial charge on any atom is -0.493 e. The number of hydrogen-bond acceptors (Lipinski definition) is 5. The van der Waals surface area contributed by atoms with Gasteiger partial charge in [0.15, 0.2) is 11.5 Å². The van der Waals surface area contributed by atoms with Gasteiger partial charge in [-0.1, -0.05) is 11.6 Å². The number of benzene rings is 1. The van der Waals surface area contributed by atoms with Gasteiger partial charge < -0.3 is 24.4 Å². The number of ether oxygens (including phenoxy) is 3. The number of anilines is 1. The fourth-order valence-corrected chi connectivity index (χ4v) is 2.58. The summed E-state index contributed by atoms with van der Waals surface area (Å²) in [5.74, 6) is 1.54. The Morgan fingerprint density at radius 2 is 2.00 bits per heavy atom. The van der Waals surface area contributed by atoms with Crippen molar-refractivity contribution in [3.05, 3.63) is 41.6 Å². The summed E-state index contributed by atoms with van der Waals surface area (Å²) in [5, 5.41) is 3.27. The van der Waals surface area contributed by atoms with Crippen LogP contribution in [0.1, 0.15) is 0 Å². The van der Waals surface area contributed by atoms with Crippen molar-refractivity contribution in [3.63, 3.8) is 0 Å². The molecule has 3 rings (SSSR count). The van der Waals surface area contributed by atoms with Crippen LogP contribution in [0, 0.1) is 0 Å². The monoisotopic (exact) mass is 363 g/mol. The first-order valence-electron chi connectivity index (χ1n) is 7.66. The van der Waals surface area contributed by atoms with E-state index in [2.05, 4.69) is 10.3 Å². The van der Waals surface area contributed by atoms with Gasteiger partial charge in [-0.05, 0) is 24.3 Å². The van der Waals surface area contributed by atoms with Gasteiger partial charge in [0.25, 0.3) is 0 Å². The highest BCUT2D eigenvalue weighted by molar-refractivity contribution is 6.31. The molecule has 1 aromatic carbocycles. The fraction of sp³-hybridized carbons (Fsp3) is 0.294. The number of likely N-dealkylation sites (tertiary alicyclic amines) is 1. The molecule has 1 aliphatic heterocycles. The first-order chi connectivity index (χ1) is 12.1. The van der Waals surface area contributed by atoms with Crippen molar-refractivity contribution >= 4 is 23.3 Å². The maximum absolute atomic E-state index is 12.3. The van der Waals surface area contributed by atoms with Crippen molar-refractivity contribution < 1.29 is 19.0 Å². The Hall–Kier alpha value is -2.67. The highest BCUT2D eigenvalue weighted by atomic mass is 35.5. The van der Waals surface area contributed by atoms with Crippen molar-refractivity contribution in [3.8, 4) is 17.4 Å². The van der Waals surface area contributed by atoms with E-state index in [0.29, 0.717) is 41.2 Å². The van der Waals surface area contributed by atoms with E-state index >= 15 is 0 Å². The van der Waals surface area contributed by atoms with Crippen LogP contribution in [0.5, 0.6) is 17.4 Å². The summed E-state index contributed by atoms with van der Waals surface area (Å²) in [7, 11) is 3.10. The Morgan fingerprint density at radius 3 is 2.68 bits per heavy atom. The van der Waals surface area contributed by atoms with E-state index in [9.17, 15) is 4.79 Å². The molecule has 0 atom stereocenters. The Bertz CT molecular complexity index is 765. The predicted octanol–water partition coefficient (Wildman–Crippen LogP) is 3.05. The molecule has 132 valence electrons. The van der Waals surface area contributed by atoms with Gasteiger partial charge >= 0.3 is 6.03 Å². The molecule has 0 radical (unpaired) electrons. The summed E-state index contributed by atoms with van der Waals surface area (Å²) in [5.41, 5.74) is 0.625. The molecule has 0 bridgehead atoms. The number of carbonyl (C=O) groups excluding carboxylic acids is 1. The van der Waals surface area contributed by atoms with Crippen LogP contribution < -0.4 is 19.5 Å². The van der Waals surface area contributed by atoms with Crippen molar-refractivity contribution in [2.24, 2.45) is 0 Å². The number of halogens is 1. The minimum absolute atomic E-state index is 0.122. The van der Waals surface area contributed by atoms with Gasteiger partial charge in [-0.2, -0.15) is 0 Å². The molecule has 0 aliphatic carbocycles. The Kier molecular flexibility index (Phi) is 5.14. The van der Waals surface area contributed by atoms with Crippen molar-refractivity contribution in [2.75, 3.05) is 32.6 Å². The van der Waals surface area contributed by atoms with Gasteiger partial charge in [-0.15, -0.1) is 0 Å². The van der Waals surface area contributed by atoms with Crippen molar-refractivity contribution in [1.29, 1.82) is 0 Å². The average molecular weight is 364 g/mol. The average Bonchev–Trinajstić information content (AvgIpc) is 2.58. The second-order valence-corrected chi connectivity index (χ2v) is 5.84. The third-order valence-corrected chi connectivity index (χ3v) is 4.06. The SMILES string of the molecule is COc1ccc(NC(=O)N2CC(Oc3ncccc3Cl)C2)cc1OC. The summed E-state index contributed by atoms with van der Waals surface area (Å²) in [4.78, 5) is 18.0. The molecule has 0 saturated carbocycles. The summed E-state index contributed by atoms with van der Waals surface area (Å²) < 4.78 is 16.1. The van der Waals surface area contributed by atoms with E-state index in [-0.39, 0.29) is 12.1 Å². The Morgan fingerprint density at radius 1 is 1.24 bits per heavy atom. The number of urea groups is 1. The molecule has 1 aliphatic rings. The van der Waals surface area contributed by atoms with E-state index in [1.807, 2.05) is 0 Å². The van der Waals surface area contributed by atoms with E-state index in [1.165, 1.54) is 0 Å². The second kappa shape index (κ2) is 7.48. The zero-order valence-corrected chi connectivity index (χ0v) is 14.6. The zero-order valence-electron chi connectivity index (χ0n) is 13.9. The van der Waals surface area contributed by atoms with E-state index in [4.69, 9.17) is 25.8 Å². The summed E-state index contributed by atoms with van der Waals surface area (Å²) >= 11 is 6.01. The van der Waals surface area contributed by atoms with Crippen LogP contribution >= 0.6 is 11.6 Å². The minimum atomic E-state index is -0.209. The van der Waals surface area contributed by atoms with Crippen molar-refractivity contribution in [1.82, 2.24) is 9.88 Å². The molecular weight excluding hydrogens is 346 g/mol. The number of methoxy groups -OCH3 is 2. The van der Waals surface area contributed by atoms with E-state index in [1.54, 1.807) is 55.6 Å². The highest BCUT2D eigenvalue weighted by Gasteiger charge is 2.33. The number of rotatable bonds is 5. The smallest absolute Gasteiger partial charge is 0.322 e. The fourth-order valence-electron chi connectivity index (χ4n) is 2.41. The Labute approximate surface area is 150 Å². The highest BCUT2D eigenvalue weighted by Crippen LogP contribution is 2.30. The topological polar surface area (TPSA) is 72.9 Å². The molecule has 2 aromatic rings. The predicted molar refractivity (Wildman–Crippen MR) is 93.8 cm³/mol. The third-order valence-electron chi connectivity index (χ3n) is 3.77. The quantitative estimate of drug-likeness (QED) is 0.883. The van der Waals surface area contributed by atoms with Gasteiger partial charge in [-0.3, -0.25) is 0 Å². The van der Waals surface area contributed by atoms with Crippen LogP contribution in [0.15, 0.2) is 36.5 Å².